The summed E-state index contributed by atoms with van der Waals surface area (Å²) in [7, 11) is 0. The maximum atomic E-state index is 12.6. The number of hydrogen-bond donors (Lipinski definition) is 0. The predicted octanol–water partition coefficient (Wildman–Crippen LogP) is 2.66. The van der Waals surface area contributed by atoms with Crippen LogP contribution in [0.3, 0.4) is 0 Å². The SMILES string of the molecule is CC1(C)O[C@H]2[C@H](OC(=O)c3ccccc3)[C@H]3OC(C)(C)O[C@@H]3C[C@@H]2O1. The summed E-state index contributed by atoms with van der Waals surface area (Å²) in [5.41, 5.74) is 0.498. The number of rotatable bonds is 2. The minimum atomic E-state index is -0.721. The minimum Gasteiger partial charge on any atom is -0.453 e. The fraction of sp³-hybridized carbons (Fsp3) is 0.632. The largest absolute Gasteiger partial charge is 0.453 e. The monoisotopic (exact) mass is 348 g/mol. The maximum absolute atomic E-state index is 12.6. The maximum Gasteiger partial charge on any atom is 0.338 e. The molecule has 6 nitrogen and oxygen atoms in total. The fourth-order valence-corrected chi connectivity index (χ4v) is 3.96. The van der Waals surface area contributed by atoms with Gasteiger partial charge in [-0.25, -0.2) is 4.79 Å². The van der Waals surface area contributed by atoms with E-state index >= 15 is 0 Å². The molecular weight excluding hydrogens is 324 g/mol. The Labute approximate surface area is 147 Å². The number of hydrogen-bond acceptors (Lipinski definition) is 6. The summed E-state index contributed by atoms with van der Waals surface area (Å²) in [5, 5.41) is 0. The number of fused-ring (bicyclic) bond motifs is 2. The van der Waals surface area contributed by atoms with Crippen LogP contribution >= 0.6 is 0 Å². The summed E-state index contributed by atoms with van der Waals surface area (Å²) < 4.78 is 29.9. The zero-order valence-corrected chi connectivity index (χ0v) is 14.9. The first kappa shape index (κ1) is 17.0. The number of benzene rings is 1. The third kappa shape index (κ3) is 3.19. The molecule has 0 unspecified atom stereocenters. The molecule has 3 aliphatic rings. The van der Waals surface area contributed by atoms with Crippen LogP contribution in [0, 0.1) is 0 Å². The molecule has 2 heterocycles. The van der Waals surface area contributed by atoms with Crippen molar-refractivity contribution in [2.75, 3.05) is 0 Å². The van der Waals surface area contributed by atoms with Gasteiger partial charge in [0, 0.05) is 6.42 Å². The van der Waals surface area contributed by atoms with Crippen molar-refractivity contribution in [2.45, 2.75) is 76.2 Å². The normalized spacial score (nSPS) is 38.0. The van der Waals surface area contributed by atoms with E-state index in [4.69, 9.17) is 23.7 Å². The van der Waals surface area contributed by atoms with Gasteiger partial charge in [0.15, 0.2) is 17.7 Å². The smallest absolute Gasteiger partial charge is 0.338 e. The number of esters is 1. The van der Waals surface area contributed by atoms with Crippen LogP contribution in [-0.4, -0.2) is 48.1 Å². The molecule has 5 atom stereocenters. The van der Waals surface area contributed by atoms with Crippen LogP contribution in [0.4, 0.5) is 0 Å². The summed E-state index contributed by atoms with van der Waals surface area (Å²) in [4.78, 5) is 12.6. The van der Waals surface area contributed by atoms with Crippen molar-refractivity contribution >= 4 is 5.97 Å². The van der Waals surface area contributed by atoms with E-state index in [0.717, 1.165) is 0 Å². The second-order valence-electron chi connectivity index (χ2n) is 7.75. The van der Waals surface area contributed by atoms with Crippen molar-refractivity contribution in [1.82, 2.24) is 0 Å². The molecule has 1 saturated carbocycles. The highest BCUT2D eigenvalue weighted by Crippen LogP contribution is 2.45. The van der Waals surface area contributed by atoms with Gasteiger partial charge in [0.05, 0.1) is 17.8 Å². The van der Waals surface area contributed by atoms with Crippen molar-refractivity contribution in [3.63, 3.8) is 0 Å². The molecule has 0 N–H and O–H groups in total. The molecule has 4 rings (SSSR count). The average Bonchev–Trinajstić information content (AvgIpc) is 3.01. The lowest BCUT2D eigenvalue weighted by atomic mass is 9.87. The quantitative estimate of drug-likeness (QED) is 0.766. The van der Waals surface area contributed by atoms with Gasteiger partial charge in [0.2, 0.25) is 0 Å². The molecule has 3 fully saturated rings. The Kier molecular flexibility index (Phi) is 3.92. The van der Waals surface area contributed by atoms with Gasteiger partial charge >= 0.3 is 5.97 Å². The first-order valence-electron chi connectivity index (χ1n) is 8.71. The predicted molar refractivity (Wildman–Crippen MR) is 87.9 cm³/mol. The van der Waals surface area contributed by atoms with Crippen LogP contribution in [0.25, 0.3) is 0 Å². The molecule has 25 heavy (non-hydrogen) atoms. The van der Waals surface area contributed by atoms with Crippen LogP contribution in [0.1, 0.15) is 44.5 Å². The Morgan fingerprint density at radius 1 is 0.920 bits per heavy atom. The molecule has 0 radical (unpaired) electrons. The van der Waals surface area contributed by atoms with Crippen LogP contribution in [0.2, 0.25) is 0 Å². The van der Waals surface area contributed by atoms with E-state index in [2.05, 4.69) is 0 Å². The van der Waals surface area contributed by atoms with Crippen LogP contribution < -0.4 is 0 Å². The molecule has 136 valence electrons. The fourth-order valence-electron chi connectivity index (χ4n) is 3.96. The van der Waals surface area contributed by atoms with Gasteiger partial charge in [-0.15, -0.1) is 0 Å². The summed E-state index contributed by atoms with van der Waals surface area (Å²) in [6, 6.07) is 8.92. The minimum absolute atomic E-state index is 0.192. The third-order valence-electron chi connectivity index (χ3n) is 4.81. The Morgan fingerprint density at radius 2 is 1.44 bits per heavy atom. The first-order chi connectivity index (χ1) is 11.7. The second-order valence-corrected chi connectivity index (χ2v) is 7.75. The summed E-state index contributed by atoms with van der Waals surface area (Å²) in [5.74, 6) is -1.84. The first-order valence-corrected chi connectivity index (χ1v) is 8.71. The van der Waals surface area contributed by atoms with Gasteiger partial charge in [-0.05, 0) is 39.8 Å². The van der Waals surface area contributed by atoms with E-state index in [-0.39, 0.29) is 24.4 Å². The summed E-state index contributed by atoms with van der Waals surface area (Å²) in [6.07, 6.45) is -1.06. The molecule has 1 aliphatic carbocycles. The van der Waals surface area contributed by atoms with Gasteiger partial charge in [-0.3, -0.25) is 0 Å². The Morgan fingerprint density at radius 3 is 1.96 bits per heavy atom. The molecule has 0 bridgehead atoms. The van der Waals surface area contributed by atoms with Crippen LogP contribution in [0.5, 0.6) is 0 Å². The highest BCUT2D eigenvalue weighted by molar-refractivity contribution is 5.89. The summed E-state index contributed by atoms with van der Waals surface area (Å²) >= 11 is 0. The zero-order valence-electron chi connectivity index (χ0n) is 14.9. The van der Waals surface area contributed by atoms with Crippen LogP contribution in [-0.2, 0) is 23.7 Å². The number of carbonyl (C=O) groups is 1. The van der Waals surface area contributed by atoms with E-state index in [0.29, 0.717) is 12.0 Å². The van der Waals surface area contributed by atoms with E-state index in [1.807, 2.05) is 33.8 Å². The molecule has 0 spiro atoms. The van der Waals surface area contributed by atoms with E-state index in [1.165, 1.54) is 0 Å². The molecular formula is C19H24O6. The molecule has 6 heteroatoms. The molecule has 1 aromatic rings. The standard InChI is InChI=1S/C19H24O6/c1-18(2)22-12-10-13-15(25-19(3,4)23-13)16(14(12)24-18)21-17(20)11-8-6-5-7-9-11/h5-9,12-16H,10H2,1-4H3/t12-,13+,14+,15-,16-. The molecule has 0 aromatic heterocycles. The topological polar surface area (TPSA) is 63.2 Å². The van der Waals surface area contributed by atoms with Gasteiger partial charge < -0.3 is 23.7 Å². The molecule has 2 saturated heterocycles. The second kappa shape index (κ2) is 5.77. The van der Waals surface area contributed by atoms with E-state index < -0.39 is 23.6 Å². The highest BCUT2D eigenvalue weighted by atomic mass is 16.8. The van der Waals surface area contributed by atoms with Crippen molar-refractivity contribution < 1.29 is 28.5 Å². The Bertz CT molecular complexity index is 625. The molecule has 1 aromatic carbocycles. The van der Waals surface area contributed by atoms with Gasteiger partial charge in [-0.1, -0.05) is 18.2 Å². The lowest BCUT2D eigenvalue weighted by molar-refractivity contribution is -0.180. The molecule has 0 amide bonds. The lowest BCUT2D eigenvalue weighted by Gasteiger charge is -2.37. The van der Waals surface area contributed by atoms with Gasteiger partial charge in [0.1, 0.15) is 12.2 Å². The van der Waals surface area contributed by atoms with Crippen molar-refractivity contribution in [3.8, 4) is 0 Å². The van der Waals surface area contributed by atoms with E-state index in [1.54, 1.807) is 24.3 Å². The van der Waals surface area contributed by atoms with Crippen molar-refractivity contribution in [3.05, 3.63) is 35.9 Å². The number of carbonyl (C=O) groups excluding carboxylic acids is 1. The van der Waals surface area contributed by atoms with Gasteiger partial charge in [-0.2, -0.15) is 0 Å². The van der Waals surface area contributed by atoms with E-state index in [9.17, 15) is 4.79 Å². The number of ether oxygens (including phenoxy) is 5. The van der Waals surface area contributed by atoms with Crippen molar-refractivity contribution in [1.29, 1.82) is 0 Å². The van der Waals surface area contributed by atoms with Crippen LogP contribution in [0.15, 0.2) is 30.3 Å². The van der Waals surface area contributed by atoms with Crippen molar-refractivity contribution in [2.24, 2.45) is 0 Å². The zero-order chi connectivity index (χ0) is 17.8. The average molecular weight is 348 g/mol. The Hall–Kier alpha value is -1.47. The highest BCUT2D eigenvalue weighted by Gasteiger charge is 2.60. The molecule has 2 aliphatic heterocycles. The Balaban J connectivity index is 1.60. The van der Waals surface area contributed by atoms with Gasteiger partial charge in [0.25, 0.3) is 0 Å². The summed E-state index contributed by atoms with van der Waals surface area (Å²) in [6.45, 7) is 7.46. The third-order valence-corrected chi connectivity index (χ3v) is 4.81. The lowest BCUT2D eigenvalue weighted by Crippen LogP contribution is -2.55.